The van der Waals surface area contributed by atoms with Gasteiger partial charge in [-0.05, 0) is 23.8 Å². The van der Waals surface area contributed by atoms with Gasteiger partial charge in [0.15, 0.2) is 0 Å². The van der Waals surface area contributed by atoms with Crippen LogP contribution in [0.4, 0.5) is 0 Å². The van der Waals surface area contributed by atoms with Crippen LogP contribution >= 0.6 is 0 Å². The summed E-state index contributed by atoms with van der Waals surface area (Å²) in [4.78, 5) is 0. The van der Waals surface area contributed by atoms with Crippen LogP contribution in [0.15, 0.2) is 36.4 Å². The number of fused-ring (bicyclic) bond motifs is 1. The van der Waals surface area contributed by atoms with Gasteiger partial charge < -0.3 is 15.6 Å². The smallest absolute Gasteiger partial charge is 0.125 e. The number of aliphatic hydroxyl groups excluding tert-OH is 1. The number of rotatable bonds is 3. The van der Waals surface area contributed by atoms with Crippen molar-refractivity contribution in [1.29, 1.82) is 0 Å². The highest BCUT2D eigenvalue weighted by Gasteiger charge is 2.19. The van der Waals surface area contributed by atoms with Gasteiger partial charge in [0.25, 0.3) is 0 Å². The number of aliphatic hydroxyl groups is 1. The van der Waals surface area contributed by atoms with E-state index in [1.165, 1.54) is 0 Å². The fraction of sp³-hybridized carbons (Fsp3) is 0.286. The molecule has 3 N–H and O–H groups in total. The van der Waals surface area contributed by atoms with Gasteiger partial charge in [-0.1, -0.05) is 30.3 Å². The Bertz CT molecular complexity index is 523. The second-order valence-corrected chi connectivity index (χ2v) is 4.21. The van der Waals surface area contributed by atoms with E-state index in [1.54, 1.807) is 14.0 Å². The van der Waals surface area contributed by atoms with Crippen molar-refractivity contribution in [3.05, 3.63) is 42.0 Å². The number of methoxy groups -OCH3 is 1. The van der Waals surface area contributed by atoms with Gasteiger partial charge >= 0.3 is 0 Å². The van der Waals surface area contributed by atoms with Crippen molar-refractivity contribution in [3.8, 4) is 5.75 Å². The molecule has 3 nitrogen and oxygen atoms in total. The molecule has 17 heavy (non-hydrogen) atoms. The number of nitrogens with two attached hydrogens (primary N) is 1. The first-order valence-electron chi connectivity index (χ1n) is 5.64. The number of ether oxygens (including phenoxy) is 1. The monoisotopic (exact) mass is 231 g/mol. The molecule has 0 aliphatic heterocycles. The summed E-state index contributed by atoms with van der Waals surface area (Å²) < 4.78 is 5.31. The molecule has 0 bridgehead atoms. The Morgan fingerprint density at radius 3 is 2.53 bits per heavy atom. The minimum Gasteiger partial charge on any atom is -0.496 e. The Morgan fingerprint density at radius 2 is 1.88 bits per heavy atom. The molecular formula is C14H17NO2. The van der Waals surface area contributed by atoms with E-state index < -0.39 is 6.10 Å². The van der Waals surface area contributed by atoms with Crippen LogP contribution in [-0.4, -0.2) is 18.3 Å². The highest BCUT2D eigenvalue weighted by atomic mass is 16.5. The van der Waals surface area contributed by atoms with Crippen molar-refractivity contribution in [2.24, 2.45) is 5.73 Å². The van der Waals surface area contributed by atoms with Gasteiger partial charge in [0, 0.05) is 11.6 Å². The fourth-order valence-electron chi connectivity index (χ4n) is 2.02. The quantitative estimate of drug-likeness (QED) is 0.851. The predicted octanol–water partition coefficient (Wildman–Crippen LogP) is 2.23. The largest absolute Gasteiger partial charge is 0.496 e. The molecule has 2 atom stereocenters. The maximum atomic E-state index is 10.2. The molecule has 0 aliphatic rings. The molecule has 0 spiro atoms. The molecule has 0 radical (unpaired) electrons. The molecule has 0 heterocycles. The van der Waals surface area contributed by atoms with E-state index in [4.69, 9.17) is 10.5 Å². The van der Waals surface area contributed by atoms with E-state index in [0.29, 0.717) is 5.75 Å². The molecule has 0 aromatic heterocycles. The van der Waals surface area contributed by atoms with Crippen molar-refractivity contribution < 1.29 is 9.84 Å². The third-order valence-corrected chi connectivity index (χ3v) is 2.94. The summed E-state index contributed by atoms with van der Waals surface area (Å²) in [6.45, 7) is 1.78. The van der Waals surface area contributed by atoms with Crippen LogP contribution < -0.4 is 10.5 Å². The molecule has 90 valence electrons. The molecular weight excluding hydrogens is 214 g/mol. The zero-order chi connectivity index (χ0) is 12.4. The summed E-state index contributed by atoms with van der Waals surface area (Å²) >= 11 is 0. The lowest BCUT2D eigenvalue weighted by Gasteiger charge is -2.20. The van der Waals surface area contributed by atoms with Crippen LogP contribution in [-0.2, 0) is 0 Å². The van der Waals surface area contributed by atoms with Gasteiger partial charge in [0.05, 0.1) is 13.2 Å². The van der Waals surface area contributed by atoms with E-state index in [0.717, 1.165) is 16.3 Å². The molecule has 2 rings (SSSR count). The van der Waals surface area contributed by atoms with Gasteiger partial charge in [-0.15, -0.1) is 0 Å². The first kappa shape index (κ1) is 11.9. The average molecular weight is 231 g/mol. The Labute approximate surface area is 101 Å². The fourth-order valence-corrected chi connectivity index (χ4v) is 2.02. The highest BCUT2D eigenvalue weighted by molar-refractivity contribution is 5.88. The molecule has 2 aromatic rings. The summed E-state index contributed by atoms with van der Waals surface area (Å²) in [6.07, 6.45) is -0.726. The van der Waals surface area contributed by atoms with Crippen molar-refractivity contribution >= 4 is 10.8 Å². The zero-order valence-electron chi connectivity index (χ0n) is 10.1. The third-order valence-electron chi connectivity index (χ3n) is 2.94. The van der Waals surface area contributed by atoms with E-state index in [2.05, 4.69) is 0 Å². The summed E-state index contributed by atoms with van der Waals surface area (Å²) in [5, 5.41) is 12.3. The summed E-state index contributed by atoms with van der Waals surface area (Å²) in [5.41, 5.74) is 6.54. The molecule has 2 aromatic carbocycles. The van der Waals surface area contributed by atoms with Crippen molar-refractivity contribution in [3.63, 3.8) is 0 Å². The van der Waals surface area contributed by atoms with Gasteiger partial charge in [-0.25, -0.2) is 0 Å². The topological polar surface area (TPSA) is 55.5 Å². The Morgan fingerprint density at radius 1 is 1.18 bits per heavy atom. The van der Waals surface area contributed by atoms with Gasteiger partial charge in [0.1, 0.15) is 5.75 Å². The van der Waals surface area contributed by atoms with E-state index >= 15 is 0 Å². The average Bonchev–Trinajstić information content (AvgIpc) is 2.36. The Balaban J connectivity index is 2.71. The summed E-state index contributed by atoms with van der Waals surface area (Å²) in [6, 6.07) is 11.4. The zero-order valence-corrected chi connectivity index (χ0v) is 10.1. The van der Waals surface area contributed by atoms with Crippen LogP contribution in [0.25, 0.3) is 10.8 Å². The number of benzene rings is 2. The molecule has 3 heteroatoms. The number of hydrogen-bond acceptors (Lipinski definition) is 3. The standard InChI is InChI=1S/C14H17NO2/c1-9(15)14(16)13-11-6-4-3-5-10(11)7-8-12(13)17-2/h3-9,14,16H,15H2,1-2H3/t9-,14-/m1/s1. The maximum absolute atomic E-state index is 10.2. The van der Waals surface area contributed by atoms with Crippen molar-refractivity contribution in [2.45, 2.75) is 19.1 Å². The second kappa shape index (κ2) is 4.73. The summed E-state index contributed by atoms with van der Waals surface area (Å²) in [5.74, 6) is 0.675. The molecule has 0 amide bonds. The van der Waals surface area contributed by atoms with E-state index in [1.807, 2.05) is 36.4 Å². The first-order valence-corrected chi connectivity index (χ1v) is 5.64. The molecule has 0 aliphatic carbocycles. The molecule has 0 saturated carbocycles. The molecule has 0 unspecified atom stereocenters. The SMILES string of the molecule is COc1ccc2ccccc2c1[C@H](O)[C@@H](C)N. The van der Waals surface area contributed by atoms with Gasteiger partial charge in [-0.2, -0.15) is 0 Å². The molecule has 0 fully saturated rings. The highest BCUT2D eigenvalue weighted by Crippen LogP contribution is 2.33. The lowest BCUT2D eigenvalue weighted by Crippen LogP contribution is -2.25. The first-order chi connectivity index (χ1) is 8.15. The lowest BCUT2D eigenvalue weighted by molar-refractivity contribution is 0.151. The molecule has 0 saturated heterocycles. The van der Waals surface area contributed by atoms with E-state index in [9.17, 15) is 5.11 Å². The minimum atomic E-state index is -0.726. The number of hydrogen-bond donors (Lipinski definition) is 2. The maximum Gasteiger partial charge on any atom is 0.125 e. The normalized spacial score (nSPS) is 14.6. The summed E-state index contributed by atoms with van der Waals surface area (Å²) in [7, 11) is 1.60. The lowest BCUT2D eigenvalue weighted by atomic mass is 9.96. The van der Waals surface area contributed by atoms with Gasteiger partial charge in [-0.3, -0.25) is 0 Å². The minimum absolute atomic E-state index is 0.338. The van der Waals surface area contributed by atoms with Crippen LogP contribution in [0.5, 0.6) is 5.75 Å². The second-order valence-electron chi connectivity index (χ2n) is 4.21. The van der Waals surface area contributed by atoms with Crippen LogP contribution in [0, 0.1) is 0 Å². The van der Waals surface area contributed by atoms with Gasteiger partial charge in [0.2, 0.25) is 0 Å². The van der Waals surface area contributed by atoms with E-state index in [-0.39, 0.29) is 6.04 Å². The van der Waals surface area contributed by atoms with Crippen molar-refractivity contribution in [2.75, 3.05) is 7.11 Å². The Hall–Kier alpha value is -1.58. The third kappa shape index (κ3) is 2.12. The predicted molar refractivity (Wildman–Crippen MR) is 69.1 cm³/mol. The Kier molecular flexibility index (Phi) is 3.31. The van der Waals surface area contributed by atoms with Crippen molar-refractivity contribution in [1.82, 2.24) is 0 Å². The van der Waals surface area contributed by atoms with Crippen LogP contribution in [0.3, 0.4) is 0 Å². The van der Waals surface area contributed by atoms with Crippen LogP contribution in [0.2, 0.25) is 0 Å². The van der Waals surface area contributed by atoms with Crippen LogP contribution in [0.1, 0.15) is 18.6 Å².